The fourth-order valence-electron chi connectivity index (χ4n) is 3.38. The first-order chi connectivity index (χ1) is 16.1. The lowest BCUT2D eigenvalue weighted by molar-refractivity contribution is -0.113. The molecule has 0 saturated carbocycles. The molecule has 0 aliphatic rings. The number of hydrogen-bond donors (Lipinski definition) is 1. The zero-order chi connectivity index (χ0) is 22.8. The predicted molar refractivity (Wildman–Crippen MR) is 124 cm³/mol. The molecule has 0 spiro atoms. The predicted octanol–water partition coefficient (Wildman–Crippen LogP) is 4.31. The number of thioether (sulfide) groups is 1. The van der Waals surface area contributed by atoms with E-state index in [9.17, 15) is 9.18 Å². The van der Waals surface area contributed by atoms with E-state index in [0.717, 1.165) is 16.8 Å². The van der Waals surface area contributed by atoms with E-state index in [-0.39, 0.29) is 17.5 Å². The summed E-state index contributed by atoms with van der Waals surface area (Å²) in [5.41, 5.74) is 3.58. The normalized spacial score (nSPS) is 11.2. The third-order valence-electron chi connectivity index (χ3n) is 4.91. The van der Waals surface area contributed by atoms with Crippen LogP contribution in [-0.4, -0.2) is 42.5 Å². The zero-order valence-corrected chi connectivity index (χ0v) is 18.4. The van der Waals surface area contributed by atoms with Crippen molar-refractivity contribution in [1.29, 1.82) is 0 Å². The number of ether oxygens (including phenoxy) is 1. The number of halogens is 1. The van der Waals surface area contributed by atoms with E-state index >= 15 is 0 Å². The van der Waals surface area contributed by atoms with Crippen LogP contribution in [-0.2, 0) is 4.79 Å². The van der Waals surface area contributed by atoms with Crippen LogP contribution in [0.15, 0.2) is 72.1 Å². The summed E-state index contributed by atoms with van der Waals surface area (Å²) in [4.78, 5) is 12.4. The Kier molecular flexibility index (Phi) is 5.66. The van der Waals surface area contributed by atoms with Crippen molar-refractivity contribution in [3.63, 3.8) is 0 Å². The number of nitrogens with one attached hydrogen (secondary N) is 1. The van der Waals surface area contributed by atoms with Crippen LogP contribution in [0.2, 0.25) is 0 Å². The number of amides is 1. The second-order valence-electron chi connectivity index (χ2n) is 7.13. The van der Waals surface area contributed by atoms with Gasteiger partial charge < -0.3 is 10.1 Å². The number of carbonyl (C=O) groups excluding carboxylic acids is 1. The minimum Gasteiger partial charge on any atom is -0.494 e. The van der Waals surface area contributed by atoms with E-state index in [1.165, 1.54) is 23.9 Å². The lowest BCUT2D eigenvalue weighted by atomic mass is 10.1. The Morgan fingerprint density at radius 3 is 2.64 bits per heavy atom. The van der Waals surface area contributed by atoms with Crippen LogP contribution < -0.4 is 10.1 Å². The molecule has 10 heteroatoms. The third kappa shape index (κ3) is 4.37. The summed E-state index contributed by atoms with van der Waals surface area (Å²) in [6, 6.07) is 15.3. The molecule has 1 amide bonds. The van der Waals surface area contributed by atoms with E-state index in [1.807, 2.05) is 29.5 Å². The highest BCUT2D eigenvalue weighted by atomic mass is 32.2. The second kappa shape index (κ2) is 8.91. The molecule has 3 aromatic heterocycles. The fourth-order valence-corrected chi connectivity index (χ4v) is 4.10. The number of benzene rings is 2. The van der Waals surface area contributed by atoms with E-state index in [2.05, 4.69) is 20.6 Å². The molecule has 0 bridgehead atoms. The first-order valence-electron chi connectivity index (χ1n) is 10.3. The highest BCUT2D eigenvalue weighted by molar-refractivity contribution is 7.99. The molecule has 0 fully saturated rings. The Hall–Kier alpha value is -3.92. The molecule has 0 atom stereocenters. The average molecular weight is 463 g/mol. The van der Waals surface area contributed by atoms with Gasteiger partial charge in [0, 0.05) is 23.6 Å². The molecule has 0 saturated heterocycles. The average Bonchev–Trinajstić information content (AvgIpc) is 3.43. The van der Waals surface area contributed by atoms with Crippen molar-refractivity contribution in [3.05, 3.63) is 72.8 Å². The highest BCUT2D eigenvalue weighted by Crippen LogP contribution is 2.24. The molecule has 3 heterocycles. The van der Waals surface area contributed by atoms with E-state index < -0.39 is 0 Å². The molecule has 8 nitrogen and oxygen atoms in total. The lowest BCUT2D eigenvalue weighted by Crippen LogP contribution is -2.14. The van der Waals surface area contributed by atoms with Crippen molar-refractivity contribution in [2.45, 2.75) is 12.1 Å². The maximum Gasteiger partial charge on any atom is 0.234 e. The molecular formula is C23H19FN6O2S. The van der Waals surface area contributed by atoms with Gasteiger partial charge in [0.2, 0.25) is 5.91 Å². The van der Waals surface area contributed by atoms with Crippen molar-refractivity contribution >= 4 is 34.5 Å². The van der Waals surface area contributed by atoms with Crippen LogP contribution in [0.5, 0.6) is 5.75 Å². The smallest absolute Gasteiger partial charge is 0.234 e. The number of nitrogens with zero attached hydrogens (tertiary/aromatic N) is 5. The standard InChI is InChI=1S/C23H19FN6O2S/c1-2-32-18-9-7-17(8-10-18)25-21(31)14-33-23-27-26-22-20-13-19(15-3-5-16(24)6-4-15)28-30(20)12-11-29(22)23/h3-13H,2,14H2,1H3,(H,25,31). The highest BCUT2D eigenvalue weighted by Gasteiger charge is 2.14. The second-order valence-corrected chi connectivity index (χ2v) is 8.08. The van der Waals surface area contributed by atoms with Gasteiger partial charge in [0.1, 0.15) is 17.1 Å². The molecule has 166 valence electrons. The van der Waals surface area contributed by atoms with Crippen molar-refractivity contribution < 1.29 is 13.9 Å². The summed E-state index contributed by atoms with van der Waals surface area (Å²) in [5, 5.41) is 16.5. The van der Waals surface area contributed by atoms with E-state index in [1.54, 1.807) is 41.2 Å². The summed E-state index contributed by atoms with van der Waals surface area (Å²) in [7, 11) is 0. The van der Waals surface area contributed by atoms with Gasteiger partial charge >= 0.3 is 0 Å². The molecule has 33 heavy (non-hydrogen) atoms. The SMILES string of the molecule is CCOc1ccc(NC(=O)CSc2nnc3c4cc(-c5ccc(F)cc5)nn4ccn23)cc1. The van der Waals surface area contributed by atoms with Crippen molar-refractivity contribution in [3.8, 4) is 17.0 Å². The van der Waals surface area contributed by atoms with Crippen molar-refractivity contribution in [1.82, 2.24) is 24.2 Å². The molecule has 0 aliphatic carbocycles. The Morgan fingerprint density at radius 1 is 1.09 bits per heavy atom. The minimum atomic E-state index is -0.296. The molecular weight excluding hydrogens is 443 g/mol. The van der Waals surface area contributed by atoms with Gasteiger partial charge in [0.25, 0.3) is 0 Å². The molecule has 5 rings (SSSR count). The zero-order valence-electron chi connectivity index (χ0n) is 17.6. The van der Waals surface area contributed by atoms with Crippen LogP contribution in [0.4, 0.5) is 10.1 Å². The van der Waals surface area contributed by atoms with Gasteiger partial charge in [-0.25, -0.2) is 8.91 Å². The van der Waals surface area contributed by atoms with Crippen LogP contribution in [0.1, 0.15) is 6.92 Å². The Morgan fingerprint density at radius 2 is 1.88 bits per heavy atom. The number of fused-ring (bicyclic) bond motifs is 3. The van der Waals surface area contributed by atoms with Gasteiger partial charge in [0.15, 0.2) is 10.8 Å². The maximum absolute atomic E-state index is 13.2. The monoisotopic (exact) mass is 462 g/mol. The Bertz CT molecular complexity index is 1430. The van der Waals surface area contributed by atoms with Crippen LogP contribution in [0, 0.1) is 5.82 Å². The molecule has 1 N–H and O–H groups in total. The van der Waals surface area contributed by atoms with Gasteiger partial charge in [0.05, 0.1) is 18.1 Å². The molecule has 2 aromatic carbocycles. The first kappa shape index (κ1) is 21.0. The minimum absolute atomic E-state index is 0.148. The summed E-state index contributed by atoms with van der Waals surface area (Å²) in [5.74, 6) is 0.494. The number of anilines is 1. The van der Waals surface area contributed by atoms with Crippen LogP contribution >= 0.6 is 11.8 Å². The van der Waals surface area contributed by atoms with E-state index in [4.69, 9.17) is 4.74 Å². The number of rotatable bonds is 7. The number of carbonyl (C=O) groups is 1. The molecule has 5 aromatic rings. The molecule has 0 aliphatic heterocycles. The van der Waals surface area contributed by atoms with Gasteiger partial charge in [-0.05, 0) is 61.5 Å². The molecule has 0 radical (unpaired) electrons. The van der Waals surface area contributed by atoms with Gasteiger partial charge in [-0.2, -0.15) is 5.10 Å². The van der Waals surface area contributed by atoms with Crippen LogP contribution in [0.25, 0.3) is 22.4 Å². The summed E-state index contributed by atoms with van der Waals surface area (Å²) >= 11 is 1.29. The summed E-state index contributed by atoms with van der Waals surface area (Å²) in [6.45, 7) is 2.51. The quantitative estimate of drug-likeness (QED) is 0.363. The van der Waals surface area contributed by atoms with Gasteiger partial charge in [-0.15, -0.1) is 10.2 Å². The first-order valence-corrected chi connectivity index (χ1v) is 11.2. The number of hydrogen-bond acceptors (Lipinski definition) is 6. The Labute approximate surface area is 192 Å². The Balaban J connectivity index is 1.31. The van der Waals surface area contributed by atoms with E-state index in [0.29, 0.717) is 28.8 Å². The van der Waals surface area contributed by atoms with Crippen molar-refractivity contribution in [2.75, 3.05) is 17.7 Å². The lowest BCUT2D eigenvalue weighted by Gasteiger charge is -2.06. The molecule has 0 unspecified atom stereocenters. The van der Waals surface area contributed by atoms with Crippen LogP contribution in [0.3, 0.4) is 0 Å². The van der Waals surface area contributed by atoms with Crippen molar-refractivity contribution in [2.24, 2.45) is 0 Å². The topological polar surface area (TPSA) is 85.8 Å². The van der Waals surface area contributed by atoms with Gasteiger partial charge in [-0.3, -0.25) is 9.20 Å². The summed E-state index contributed by atoms with van der Waals surface area (Å²) in [6.07, 6.45) is 3.60. The fraction of sp³-hybridized carbons (Fsp3) is 0.130. The maximum atomic E-state index is 13.2. The summed E-state index contributed by atoms with van der Waals surface area (Å²) < 4.78 is 22.2. The third-order valence-corrected chi connectivity index (χ3v) is 5.85. The van der Waals surface area contributed by atoms with Gasteiger partial charge in [-0.1, -0.05) is 11.8 Å². The number of aromatic nitrogens is 5. The largest absolute Gasteiger partial charge is 0.494 e.